The molecule has 1 aliphatic rings. The van der Waals surface area contributed by atoms with Crippen LogP contribution in [0.2, 0.25) is 0 Å². The summed E-state index contributed by atoms with van der Waals surface area (Å²) in [6.45, 7) is 0.969. The fraction of sp³-hybridized carbons (Fsp3) is 0.400. The third-order valence-corrected chi connectivity index (χ3v) is 5.87. The Kier molecular flexibility index (Phi) is 7.04. The van der Waals surface area contributed by atoms with Gasteiger partial charge < -0.3 is 10.4 Å². The van der Waals surface area contributed by atoms with Crippen molar-refractivity contribution < 1.29 is 14.7 Å². The van der Waals surface area contributed by atoms with E-state index in [1.807, 2.05) is 24.3 Å². The van der Waals surface area contributed by atoms with Gasteiger partial charge in [0.25, 0.3) is 0 Å². The van der Waals surface area contributed by atoms with E-state index in [2.05, 4.69) is 27.4 Å². The number of nitrogens with one attached hydrogen (secondary N) is 1. The monoisotopic (exact) mass is 432 g/mol. The number of aryl methyl sites for hydroxylation is 2. The van der Waals surface area contributed by atoms with Crippen molar-refractivity contribution in [3.63, 3.8) is 0 Å². The Hall–Kier alpha value is -3.35. The van der Waals surface area contributed by atoms with Gasteiger partial charge in [0.2, 0.25) is 0 Å². The number of Topliss-reactive ketones (excluding diaryl/α,β-unsaturated/α-hetero) is 1. The SMILES string of the molecule is O=C(O)CC(CC(=O)CCCCc1ccc2c(n1)NCCC2)c1cnc2ccccc2n1. The van der Waals surface area contributed by atoms with Gasteiger partial charge in [-0.1, -0.05) is 18.2 Å². The molecular weight excluding hydrogens is 404 g/mol. The number of unbranched alkanes of at least 4 members (excludes halogenated alkanes) is 1. The van der Waals surface area contributed by atoms with Gasteiger partial charge in [-0.05, 0) is 55.9 Å². The number of fused-ring (bicyclic) bond motifs is 2. The number of rotatable bonds is 10. The lowest BCUT2D eigenvalue weighted by molar-refractivity contribution is -0.137. The quantitative estimate of drug-likeness (QED) is 0.460. The van der Waals surface area contributed by atoms with Crippen LogP contribution in [0.4, 0.5) is 5.82 Å². The number of anilines is 1. The fourth-order valence-corrected chi connectivity index (χ4v) is 4.17. The lowest BCUT2D eigenvalue weighted by atomic mass is 9.93. The molecule has 0 saturated heterocycles. The van der Waals surface area contributed by atoms with Crippen LogP contribution in [-0.2, 0) is 22.4 Å². The number of aliphatic carboxylic acids is 1. The van der Waals surface area contributed by atoms with Crippen molar-refractivity contribution in [3.05, 3.63) is 59.5 Å². The zero-order valence-electron chi connectivity index (χ0n) is 18.1. The summed E-state index contributed by atoms with van der Waals surface area (Å²) in [6, 6.07) is 11.7. The molecule has 0 aliphatic carbocycles. The molecule has 3 aromatic rings. The number of hydrogen-bond acceptors (Lipinski definition) is 6. The Morgan fingerprint density at radius 3 is 2.72 bits per heavy atom. The molecule has 0 fully saturated rings. The molecule has 0 bridgehead atoms. The van der Waals surface area contributed by atoms with Crippen LogP contribution in [0.5, 0.6) is 0 Å². The predicted molar refractivity (Wildman–Crippen MR) is 123 cm³/mol. The van der Waals surface area contributed by atoms with Crippen LogP contribution in [0.25, 0.3) is 11.0 Å². The Labute approximate surface area is 187 Å². The average Bonchev–Trinajstić information content (AvgIpc) is 2.80. The zero-order valence-corrected chi connectivity index (χ0v) is 18.1. The zero-order chi connectivity index (χ0) is 22.3. The van der Waals surface area contributed by atoms with Crippen molar-refractivity contribution in [2.24, 2.45) is 0 Å². The molecule has 3 heterocycles. The van der Waals surface area contributed by atoms with Gasteiger partial charge in [0.15, 0.2) is 0 Å². The van der Waals surface area contributed by atoms with Gasteiger partial charge in [0.1, 0.15) is 11.6 Å². The van der Waals surface area contributed by atoms with E-state index >= 15 is 0 Å². The number of carboxylic acid groups (broad SMARTS) is 1. The van der Waals surface area contributed by atoms with E-state index in [1.165, 1.54) is 5.56 Å². The third kappa shape index (κ3) is 5.66. The fourth-order valence-electron chi connectivity index (χ4n) is 4.17. The number of para-hydroxylation sites is 2. The van der Waals surface area contributed by atoms with E-state index in [0.717, 1.165) is 55.7 Å². The summed E-state index contributed by atoms with van der Waals surface area (Å²) >= 11 is 0. The Morgan fingerprint density at radius 1 is 1.03 bits per heavy atom. The van der Waals surface area contributed by atoms with Crippen LogP contribution in [0.3, 0.4) is 0 Å². The van der Waals surface area contributed by atoms with Crippen molar-refractivity contribution in [2.45, 2.75) is 57.3 Å². The van der Waals surface area contributed by atoms with Crippen LogP contribution < -0.4 is 5.32 Å². The molecule has 0 radical (unpaired) electrons. The molecule has 2 N–H and O–H groups in total. The number of carbonyl (C=O) groups is 2. The van der Waals surface area contributed by atoms with Crippen LogP contribution in [0.1, 0.15) is 61.4 Å². The molecule has 1 aromatic carbocycles. The number of carbonyl (C=O) groups excluding carboxylic acids is 1. The van der Waals surface area contributed by atoms with Crippen molar-refractivity contribution >= 4 is 28.6 Å². The molecule has 0 saturated carbocycles. The van der Waals surface area contributed by atoms with Crippen molar-refractivity contribution in [1.29, 1.82) is 0 Å². The first-order valence-corrected chi connectivity index (χ1v) is 11.3. The smallest absolute Gasteiger partial charge is 0.304 e. The molecule has 2 aromatic heterocycles. The summed E-state index contributed by atoms with van der Waals surface area (Å²) in [6.07, 6.45) is 6.74. The van der Waals surface area contributed by atoms with Crippen molar-refractivity contribution in [1.82, 2.24) is 15.0 Å². The highest BCUT2D eigenvalue weighted by molar-refractivity contribution is 5.80. The predicted octanol–water partition coefficient (Wildman–Crippen LogP) is 4.31. The summed E-state index contributed by atoms with van der Waals surface area (Å²) in [7, 11) is 0. The molecule has 7 nitrogen and oxygen atoms in total. The molecule has 166 valence electrons. The minimum absolute atomic E-state index is 0.0614. The number of benzene rings is 1. The van der Waals surface area contributed by atoms with E-state index in [1.54, 1.807) is 6.20 Å². The normalized spacial score (nSPS) is 13.9. The minimum Gasteiger partial charge on any atom is -0.481 e. The number of ketones is 1. The first-order chi connectivity index (χ1) is 15.6. The van der Waals surface area contributed by atoms with Crippen molar-refractivity contribution in [3.8, 4) is 0 Å². The first-order valence-electron chi connectivity index (χ1n) is 11.3. The Morgan fingerprint density at radius 2 is 1.88 bits per heavy atom. The van der Waals surface area contributed by atoms with E-state index in [-0.39, 0.29) is 18.6 Å². The number of carboxylic acids is 1. The molecule has 1 atom stereocenters. The second kappa shape index (κ2) is 10.3. The Balaban J connectivity index is 1.30. The molecular formula is C25H28N4O3. The van der Waals surface area contributed by atoms with Crippen LogP contribution in [0.15, 0.2) is 42.6 Å². The number of aromatic nitrogens is 3. The average molecular weight is 433 g/mol. The van der Waals surface area contributed by atoms with Gasteiger partial charge >= 0.3 is 5.97 Å². The highest BCUT2D eigenvalue weighted by Crippen LogP contribution is 2.25. The summed E-state index contributed by atoms with van der Waals surface area (Å²) in [5, 5.41) is 12.7. The van der Waals surface area contributed by atoms with E-state index in [0.29, 0.717) is 17.6 Å². The van der Waals surface area contributed by atoms with Crippen LogP contribution in [-0.4, -0.2) is 38.4 Å². The minimum atomic E-state index is -0.940. The molecule has 0 amide bonds. The number of pyridine rings is 1. The van der Waals surface area contributed by atoms with Gasteiger partial charge in [-0.3, -0.25) is 14.6 Å². The molecule has 1 unspecified atom stereocenters. The maximum Gasteiger partial charge on any atom is 0.304 e. The van der Waals surface area contributed by atoms with Gasteiger partial charge in [0.05, 0.1) is 23.1 Å². The molecule has 1 aliphatic heterocycles. The van der Waals surface area contributed by atoms with E-state index in [9.17, 15) is 14.7 Å². The summed E-state index contributed by atoms with van der Waals surface area (Å²) in [5.41, 5.74) is 4.34. The number of nitrogens with zero attached hydrogens (tertiary/aromatic N) is 3. The van der Waals surface area contributed by atoms with Gasteiger partial charge in [-0.2, -0.15) is 0 Å². The molecule has 32 heavy (non-hydrogen) atoms. The molecule has 0 spiro atoms. The van der Waals surface area contributed by atoms with E-state index in [4.69, 9.17) is 4.98 Å². The van der Waals surface area contributed by atoms with Crippen LogP contribution in [0, 0.1) is 0 Å². The maximum absolute atomic E-state index is 12.6. The largest absolute Gasteiger partial charge is 0.481 e. The lowest BCUT2D eigenvalue weighted by Gasteiger charge is -2.17. The Bertz CT molecular complexity index is 1120. The number of hydrogen-bond donors (Lipinski definition) is 2. The second-order valence-corrected chi connectivity index (χ2v) is 8.37. The van der Waals surface area contributed by atoms with Crippen LogP contribution >= 0.6 is 0 Å². The standard InChI is InChI=1S/C25H28N4O3/c30-20(8-2-1-7-19-12-11-17-6-5-13-26-25(17)28-19)14-18(15-24(31)32)23-16-27-21-9-3-4-10-22(21)29-23/h3-4,9-12,16,18H,1-2,5-8,13-15H2,(H,26,28)(H,31,32). The molecule has 4 rings (SSSR count). The molecule has 7 heteroatoms. The second-order valence-electron chi connectivity index (χ2n) is 8.37. The highest BCUT2D eigenvalue weighted by atomic mass is 16.4. The van der Waals surface area contributed by atoms with Gasteiger partial charge in [-0.15, -0.1) is 0 Å². The van der Waals surface area contributed by atoms with Gasteiger partial charge in [0, 0.05) is 37.2 Å². The lowest BCUT2D eigenvalue weighted by Crippen LogP contribution is -2.14. The summed E-state index contributed by atoms with van der Waals surface area (Å²) in [4.78, 5) is 37.6. The van der Waals surface area contributed by atoms with Gasteiger partial charge in [-0.25, -0.2) is 9.97 Å². The summed E-state index contributed by atoms with van der Waals surface area (Å²) < 4.78 is 0. The highest BCUT2D eigenvalue weighted by Gasteiger charge is 2.21. The maximum atomic E-state index is 12.6. The van der Waals surface area contributed by atoms with Crippen molar-refractivity contribution in [2.75, 3.05) is 11.9 Å². The topological polar surface area (TPSA) is 105 Å². The van der Waals surface area contributed by atoms with E-state index < -0.39 is 11.9 Å². The first kappa shape index (κ1) is 21.9. The third-order valence-electron chi connectivity index (χ3n) is 5.87. The summed E-state index contributed by atoms with van der Waals surface area (Å²) in [5.74, 6) is -0.348.